The molecule has 6 aromatic rings. The minimum atomic E-state index is -5.19. The molecule has 6 fully saturated rings. The first-order valence-electron chi connectivity index (χ1n) is 26.3. The largest absolute Gasteiger partial charge is 0.542 e. The smallest absolute Gasteiger partial charge is 0.430 e. The number of esters is 2. The second kappa shape index (κ2) is 28.7. The molecule has 8 heterocycles. The van der Waals surface area contributed by atoms with Gasteiger partial charge in [-0.05, 0) is 22.3 Å². The molecule has 2 aromatic heterocycles. The Balaban J connectivity index is 0.000000192. The Kier molecular flexibility index (Phi) is 21.8. The molecule has 12 rings (SSSR count). The number of rotatable bonds is 18. The van der Waals surface area contributed by atoms with Crippen molar-refractivity contribution in [2.45, 2.75) is 75.4 Å². The molecule has 4 atom stereocenters. The third-order valence-corrected chi connectivity index (χ3v) is 16.5. The average molecular weight is 1180 g/mol. The van der Waals surface area contributed by atoms with Crippen LogP contribution in [0, 0.1) is 11.8 Å². The first-order valence-corrected chi connectivity index (χ1v) is 28.1. The number of alkyl halides is 6. The predicted octanol–water partition coefficient (Wildman–Crippen LogP) is 6.62. The Morgan fingerprint density at radius 2 is 0.829 bits per heavy atom. The molecule has 82 heavy (non-hydrogen) atoms. The van der Waals surface area contributed by atoms with Crippen molar-refractivity contribution in [1.29, 1.82) is 0 Å². The number of hydrogen-bond donors (Lipinski definition) is 2. The van der Waals surface area contributed by atoms with Crippen molar-refractivity contribution in [3.05, 3.63) is 177 Å². The monoisotopic (exact) mass is 1180 g/mol. The Hall–Kier alpha value is -7.22. The van der Waals surface area contributed by atoms with Gasteiger partial charge in [-0.3, -0.25) is 20.2 Å². The number of nitrogens with zero attached hydrogens (tertiary/aromatic N) is 4. The molecule has 0 amide bonds. The van der Waals surface area contributed by atoms with E-state index in [4.69, 9.17) is 29.3 Å². The van der Waals surface area contributed by atoms with Gasteiger partial charge in [0.05, 0.1) is 26.2 Å². The van der Waals surface area contributed by atoms with E-state index in [0.29, 0.717) is 70.1 Å². The molecule has 6 aliphatic heterocycles. The summed E-state index contributed by atoms with van der Waals surface area (Å²) in [7, 11) is 0. The molecule has 2 N–H and O–H groups in total. The summed E-state index contributed by atoms with van der Waals surface area (Å²) >= 11 is 2.79. The van der Waals surface area contributed by atoms with Gasteiger partial charge in [0.2, 0.25) is 11.6 Å². The number of fused-ring (bicyclic) bond motifs is 6. The third kappa shape index (κ3) is 17.9. The third-order valence-electron chi connectivity index (χ3n) is 14.8. The van der Waals surface area contributed by atoms with Crippen LogP contribution in [0.2, 0.25) is 0 Å². The minimum absolute atomic E-state index is 0.0899. The van der Waals surface area contributed by atoms with Gasteiger partial charge in [0, 0.05) is 73.8 Å². The number of thiazole rings is 2. The van der Waals surface area contributed by atoms with Crippen LogP contribution in [0.1, 0.15) is 79.6 Å². The Morgan fingerprint density at radius 1 is 0.524 bits per heavy atom. The number of Topliss-reactive ketones (excluding diaryl/α,β-unsaturated/α-hetero) is 2. The summed E-state index contributed by atoms with van der Waals surface area (Å²) in [6.07, 6.45) is -3.43. The molecule has 2 unspecified atom stereocenters. The summed E-state index contributed by atoms with van der Waals surface area (Å²) in [6.45, 7) is 7.27. The van der Waals surface area contributed by atoms with Gasteiger partial charge in [0.15, 0.2) is 22.2 Å². The van der Waals surface area contributed by atoms with Gasteiger partial charge < -0.3 is 38.2 Å². The van der Waals surface area contributed by atoms with Gasteiger partial charge in [-0.25, -0.2) is 19.6 Å². The van der Waals surface area contributed by atoms with Crippen LogP contribution in [0.4, 0.5) is 26.3 Å². The van der Waals surface area contributed by atoms with Gasteiger partial charge in [-0.15, -0.1) is 22.7 Å². The van der Waals surface area contributed by atoms with E-state index in [1.807, 2.05) is 132 Å². The molecule has 4 bridgehead atoms. The van der Waals surface area contributed by atoms with Gasteiger partial charge in [-0.1, -0.05) is 121 Å². The van der Waals surface area contributed by atoms with Gasteiger partial charge in [0.1, 0.15) is 50.2 Å². The van der Waals surface area contributed by atoms with Crippen molar-refractivity contribution >= 4 is 58.1 Å². The molecule has 6 aliphatic rings. The van der Waals surface area contributed by atoms with E-state index in [9.17, 15) is 45.5 Å². The number of hydrogen-bond acceptors (Lipinski definition) is 16. The van der Waals surface area contributed by atoms with Gasteiger partial charge >= 0.3 is 24.3 Å². The predicted molar refractivity (Wildman–Crippen MR) is 285 cm³/mol. The molecule has 24 heteroatoms. The number of aromatic nitrogens is 2. The molecule has 0 saturated carbocycles. The second-order valence-corrected chi connectivity index (χ2v) is 22.2. The number of benzene rings is 4. The molecule has 16 nitrogen and oxygen atoms in total. The summed E-state index contributed by atoms with van der Waals surface area (Å²) in [4.78, 5) is 78.5. The van der Waals surface area contributed by atoms with E-state index in [2.05, 4.69) is 20.6 Å². The first kappa shape index (κ1) is 62.4. The number of carbonyl (C=O) groups excluding carboxylic acids is 6. The fourth-order valence-electron chi connectivity index (χ4n) is 10.7. The lowest BCUT2D eigenvalue weighted by molar-refractivity contribution is -0.938. The molecule has 6 saturated heterocycles. The number of nitrogens with one attached hydrogen (secondary N) is 2. The number of piperidine rings is 6. The Labute approximate surface area is 476 Å². The second-order valence-electron chi connectivity index (χ2n) is 20.4. The molecular formula is C58H60F6N6O10S2. The van der Waals surface area contributed by atoms with Crippen LogP contribution >= 0.6 is 22.7 Å². The number of carboxylic acids is 2. The number of quaternary nitrogens is 2. The quantitative estimate of drug-likeness (QED) is 0.0401. The van der Waals surface area contributed by atoms with Crippen LogP contribution in [0.15, 0.2) is 144 Å². The van der Waals surface area contributed by atoms with Crippen LogP contribution in [0.3, 0.4) is 0 Å². The summed E-state index contributed by atoms with van der Waals surface area (Å²) in [5.74, 6) is -5.59. The maximum atomic E-state index is 13.5. The molecule has 0 radical (unpaired) electrons. The summed E-state index contributed by atoms with van der Waals surface area (Å²) in [6, 6.07) is 38.6. The normalized spacial score (nSPS) is 22.2. The van der Waals surface area contributed by atoms with Crippen LogP contribution in [-0.2, 0) is 41.7 Å². The number of aliphatic carboxylic acids is 2. The van der Waals surface area contributed by atoms with E-state index < -0.39 is 36.4 Å². The molecule has 436 valence electrons. The summed E-state index contributed by atoms with van der Waals surface area (Å²) in [5, 5.41) is 29.2. The lowest BCUT2D eigenvalue weighted by atomic mass is 9.83. The zero-order valence-electron chi connectivity index (χ0n) is 44.2. The topological polar surface area (TPSA) is 217 Å². The Morgan fingerprint density at radius 3 is 1.11 bits per heavy atom. The molecule has 0 aliphatic carbocycles. The fourth-order valence-corrected chi connectivity index (χ4v) is 11.8. The van der Waals surface area contributed by atoms with Crippen molar-refractivity contribution < 1.29 is 83.8 Å². The highest BCUT2D eigenvalue weighted by Crippen LogP contribution is 2.38. The molecular weight excluding hydrogens is 1120 g/mol. The fraction of sp³-hybridized carbons (Fsp3) is 0.379. The zero-order valence-corrected chi connectivity index (χ0v) is 45.8. The van der Waals surface area contributed by atoms with Crippen molar-refractivity contribution in [3.8, 4) is 0 Å². The van der Waals surface area contributed by atoms with Crippen LogP contribution in [0.25, 0.3) is 0 Å². The highest BCUT2D eigenvalue weighted by Gasteiger charge is 2.51. The lowest BCUT2D eigenvalue weighted by Gasteiger charge is -2.51. The minimum Gasteiger partial charge on any atom is -0.542 e. The van der Waals surface area contributed by atoms with E-state index >= 15 is 0 Å². The van der Waals surface area contributed by atoms with Crippen molar-refractivity contribution in [1.82, 2.24) is 20.6 Å². The maximum absolute atomic E-state index is 13.5. The first-order chi connectivity index (χ1) is 39.1. The highest BCUT2D eigenvalue weighted by atomic mass is 32.1. The van der Waals surface area contributed by atoms with E-state index in [1.54, 1.807) is 12.4 Å². The number of ether oxygens (including phenoxy) is 2. The Bertz CT molecular complexity index is 2800. The highest BCUT2D eigenvalue weighted by molar-refractivity contribution is 7.12. The molecule has 0 spiro atoms. The summed E-state index contributed by atoms with van der Waals surface area (Å²) < 4.78 is 76.9. The van der Waals surface area contributed by atoms with Gasteiger partial charge in [0.25, 0.3) is 0 Å². The van der Waals surface area contributed by atoms with Gasteiger partial charge in [-0.2, -0.15) is 26.3 Å². The van der Waals surface area contributed by atoms with Crippen LogP contribution in [0.5, 0.6) is 0 Å². The van der Waals surface area contributed by atoms with E-state index in [-0.39, 0.29) is 35.7 Å². The van der Waals surface area contributed by atoms with Crippen LogP contribution in [-0.4, -0.2) is 131 Å². The van der Waals surface area contributed by atoms with E-state index in [1.165, 1.54) is 22.7 Å². The number of carboxylic acid groups (broad SMARTS) is 2. The number of ketones is 2. The SMILES string of the molecule is O=C(C[N+]12CCC(CC1)[C@@H](OC(=O)C(NCc1ccccc1)c1ccccc1)C2)c1nccs1.O=C(C[N+]12CCC(CC1)[C@@H](OC(=O)C(NCc1ccccc1)c1ccccc1)C2)c1nccs1.O=C([O-])C(F)(F)F.O=C([O-])C(F)(F)F. The molecule has 4 aromatic carbocycles. The van der Waals surface area contributed by atoms with Crippen molar-refractivity contribution in [3.63, 3.8) is 0 Å². The van der Waals surface area contributed by atoms with Crippen molar-refractivity contribution in [2.75, 3.05) is 52.4 Å². The van der Waals surface area contributed by atoms with Crippen molar-refractivity contribution in [2.24, 2.45) is 11.8 Å². The maximum Gasteiger partial charge on any atom is 0.430 e. The summed E-state index contributed by atoms with van der Waals surface area (Å²) in [5.41, 5.74) is 4.02. The van der Waals surface area contributed by atoms with Crippen LogP contribution < -0.4 is 20.8 Å². The van der Waals surface area contributed by atoms with E-state index in [0.717, 1.165) is 74.1 Å². The number of carbonyl (C=O) groups is 6. The number of halogens is 6. The standard InChI is InChI=1S/2C27H30N3O3S.2C2HF3O2/c2*31-23(26-28-13-16-34-26)18-30-14-11-21(12-15-30)24(19-30)33-27(32)25(22-9-5-2-6-10-22)29-17-20-7-3-1-4-8-20;2*3-2(4,5)1(6)7/h2*1-10,13,16,21,24-25,29H,11-12,14-15,17-19H2;2*(H,6,7)/q2*+1;;/p-2/t2*21?,24-,25?,30?;;/m00../s1. The zero-order chi connectivity index (χ0) is 58.9. The lowest BCUT2D eigenvalue weighted by Crippen LogP contribution is -2.65. The average Bonchev–Trinajstić information content (AvgIpc) is 4.35.